The van der Waals surface area contributed by atoms with Crippen LogP contribution in [0.4, 0.5) is 0 Å². The van der Waals surface area contributed by atoms with Gasteiger partial charge in [0.1, 0.15) is 0 Å². The van der Waals surface area contributed by atoms with Gasteiger partial charge in [-0.2, -0.15) is 0 Å². The molecule has 0 radical (unpaired) electrons. The van der Waals surface area contributed by atoms with Crippen molar-refractivity contribution in [2.45, 2.75) is 31.5 Å². The fourth-order valence-corrected chi connectivity index (χ4v) is 3.71. The van der Waals surface area contributed by atoms with Crippen molar-refractivity contribution in [2.24, 2.45) is 0 Å². The van der Waals surface area contributed by atoms with Crippen LogP contribution in [0.1, 0.15) is 5.56 Å². The molecule has 0 unspecified atom stereocenters. The Morgan fingerprint density at radius 3 is 2.13 bits per heavy atom. The quantitative estimate of drug-likeness (QED) is 0.737. The van der Waals surface area contributed by atoms with Gasteiger partial charge in [0, 0.05) is 4.90 Å². The third kappa shape index (κ3) is 4.58. The van der Waals surface area contributed by atoms with Gasteiger partial charge in [-0.25, -0.2) is 4.21 Å². The van der Waals surface area contributed by atoms with Gasteiger partial charge in [0.2, 0.25) is 0 Å². The van der Waals surface area contributed by atoms with Gasteiger partial charge >= 0.3 is 0 Å². The fraction of sp³-hybridized carbons (Fsp3) is 0.333. The van der Waals surface area contributed by atoms with Gasteiger partial charge in [0.15, 0.2) is 0 Å². The van der Waals surface area contributed by atoms with E-state index >= 15 is 0 Å². The topological polar surface area (TPSA) is 17.1 Å². The first kappa shape index (κ1) is 12.4. The van der Waals surface area contributed by atoms with Crippen molar-refractivity contribution in [3.8, 4) is 0 Å². The normalized spacial score (nSPS) is 14.4. The molecule has 0 spiro atoms. The molecule has 0 fully saturated rings. The van der Waals surface area contributed by atoms with Crippen molar-refractivity contribution in [2.75, 3.05) is 0 Å². The number of hydrogen-bond acceptors (Lipinski definition) is 1. The zero-order chi connectivity index (χ0) is 11.5. The summed E-state index contributed by atoms with van der Waals surface area (Å²) in [5, 5.41) is 1.83. The van der Waals surface area contributed by atoms with Gasteiger partial charge in [0.05, 0.1) is 18.9 Å². The van der Waals surface area contributed by atoms with E-state index in [0.717, 1.165) is 4.90 Å². The second-order valence-corrected chi connectivity index (χ2v) is 11.2. The van der Waals surface area contributed by atoms with Crippen LogP contribution in [0.5, 0.6) is 0 Å². The van der Waals surface area contributed by atoms with Crippen LogP contribution in [0.3, 0.4) is 0 Å². The van der Waals surface area contributed by atoms with Gasteiger partial charge < -0.3 is 0 Å². The van der Waals surface area contributed by atoms with Crippen molar-refractivity contribution in [1.82, 2.24) is 0 Å². The minimum absolute atomic E-state index is 0.884. The molecule has 0 saturated heterocycles. The highest BCUT2D eigenvalue weighted by Crippen LogP contribution is 2.11. The Morgan fingerprint density at radius 2 is 1.67 bits per heavy atom. The Bertz CT molecular complexity index is 374. The Morgan fingerprint density at radius 1 is 1.13 bits per heavy atom. The van der Waals surface area contributed by atoms with Crippen molar-refractivity contribution in [3.05, 3.63) is 40.9 Å². The molecule has 0 aliphatic rings. The predicted molar refractivity (Wildman–Crippen MR) is 70.1 cm³/mol. The molecule has 82 valence electrons. The molecule has 1 nitrogen and oxygen atoms in total. The summed E-state index contributed by atoms with van der Waals surface area (Å²) >= 11 is 0. The number of aryl methyl sites for hydroxylation is 1. The monoisotopic (exact) mass is 238 g/mol. The van der Waals surface area contributed by atoms with Crippen LogP contribution in [-0.2, 0) is 10.8 Å². The third-order valence-corrected chi connectivity index (χ3v) is 4.47. The molecule has 0 heterocycles. The second kappa shape index (κ2) is 4.90. The molecule has 15 heavy (non-hydrogen) atoms. The van der Waals surface area contributed by atoms with E-state index in [0.29, 0.717) is 0 Å². The highest BCUT2D eigenvalue weighted by atomic mass is 32.2. The van der Waals surface area contributed by atoms with Gasteiger partial charge in [-0.05, 0) is 24.5 Å². The molecule has 0 saturated carbocycles. The van der Waals surface area contributed by atoms with E-state index in [1.54, 1.807) is 0 Å². The number of benzene rings is 1. The van der Waals surface area contributed by atoms with Gasteiger partial charge in [-0.3, -0.25) is 0 Å². The fourth-order valence-electron chi connectivity index (χ4n) is 1.02. The van der Waals surface area contributed by atoms with Crippen LogP contribution in [-0.4, -0.2) is 12.3 Å². The summed E-state index contributed by atoms with van der Waals surface area (Å²) in [6, 6.07) is 7.85. The second-order valence-electron chi connectivity index (χ2n) is 4.78. The lowest BCUT2D eigenvalue weighted by Gasteiger charge is -2.07. The maximum absolute atomic E-state index is 11.8. The average molecular weight is 238 g/mol. The molecule has 1 atom stereocenters. The van der Waals surface area contributed by atoms with E-state index in [2.05, 4.69) is 25.3 Å². The first-order valence-corrected chi connectivity index (χ1v) is 9.84. The van der Waals surface area contributed by atoms with Crippen LogP contribution < -0.4 is 0 Å². The molecule has 0 bridgehead atoms. The Balaban J connectivity index is 2.78. The van der Waals surface area contributed by atoms with E-state index in [4.69, 9.17) is 0 Å². The Hall–Kier alpha value is -0.673. The van der Waals surface area contributed by atoms with Crippen molar-refractivity contribution < 1.29 is 4.21 Å². The summed E-state index contributed by atoms with van der Waals surface area (Å²) in [6.07, 6.45) is 0. The largest absolute Gasteiger partial charge is 0.250 e. The summed E-state index contributed by atoms with van der Waals surface area (Å²) in [4.78, 5) is 0.884. The lowest BCUT2D eigenvalue weighted by Crippen LogP contribution is -2.15. The molecule has 1 aromatic rings. The summed E-state index contributed by atoms with van der Waals surface area (Å²) in [6.45, 7) is 8.73. The molecule has 0 amide bonds. The molecule has 0 aliphatic carbocycles. The molecule has 3 heteroatoms. The van der Waals surface area contributed by atoms with Crippen LogP contribution in [0.25, 0.3) is 0 Å². The Kier molecular flexibility index (Phi) is 4.05. The minimum atomic E-state index is -1.24. The lowest BCUT2D eigenvalue weighted by molar-refractivity contribution is 0.688. The molecule has 0 N–H and O–H groups in total. The Labute approximate surface area is 95.7 Å². The SMILES string of the molecule is Cc1ccc([S@](=O)C=C[Si](C)(C)C)cc1. The van der Waals surface area contributed by atoms with E-state index in [1.165, 1.54) is 5.56 Å². The zero-order valence-electron chi connectivity index (χ0n) is 9.78. The van der Waals surface area contributed by atoms with Crippen LogP contribution >= 0.6 is 0 Å². The highest BCUT2D eigenvalue weighted by molar-refractivity contribution is 7.88. The van der Waals surface area contributed by atoms with Crippen LogP contribution in [0.15, 0.2) is 40.3 Å². The van der Waals surface area contributed by atoms with E-state index < -0.39 is 18.9 Å². The summed E-state index contributed by atoms with van der Waals surface area (Å²) in [5.41, 5.74) is 3.33. The van der Waals surface area contributed by atoms with E-state index in [-0.39, 0.29) is 0 Å². The first-order valence-electron chi connectivity index (χ1n) is 5.05. The van der Waals surface area contributed by atoms with Crippen molar-refractivity contribution in [1.29, 1.82) is 0 Å². The molecule has 0 aromatic heterocycles. The maximum Gasteiger partial charge on any atom is 0.0768 e. The molecule has 1 aromatic carbocycles. The predicted octanol–water partition coefficient (Wildman–Crippen LogP) is 3.49. The number of rotatable bonds is 3. The highest BCUT2D eigenvalue weighted by Gasteiger charge is 2.08. The minimum Gasteiger partial charge on any atom is -0.250 e. The van der Waals surface area contributed by atoms with Gasteiger partial charge in [0.25, 0.3) is 0 Å². The summed E-state index contributed by atoms with van der Waals surface area (Å²) in [7, 11) is -2.22. The smallest absolute Gasteiger partial charge is 0.0768 e. The van der Waals surface area contributed by atoms with Gasteiger partial charge in [-0.15, -0.1) is 0 Å². The lowest BCUT2D eigenvalue weighted by atomic mass is 10.2. The standard InChI is InChI=1S/C12H18OSSi/c1-11-5-7-12(8-6-11)14(13)9-10-15(2,3)4/h5-10H,1-4H3/t14-/m1/s1. The average Bonchev–Trinajstić information content (AvgIpc) is 2.14. The number of hydrogen-bond donors (Lipinski definition) is 0. The van der Waals surface area contributed by atoms with E-state index in [1.807, 2.05) is 36.6 Å². The summed E-state index contributed by atoms with van der Waals surface area (Å²) in [5.74, 6) is 0. The molecular weight excluding hydrogens is 220 g/mol. The zero-order valence-corrected chi connectivity index (χ0v) is 11.6. The van der Waals surface area contributed by atoms with Crippen LogP contribution in [0.2, 0.25) is 19.6 Å². The van der Waals surface area contributed by atoms with Crippen molar-refractivity contribution >= 4 is 18.9 Å². The maximum atomic E-state index is 11.8. The first-order chi connectivity index (χ1) is 6.88. The third-order valence-electron chi connectivity index (χ3n) is 1.94. The molecule has 0 aliphatic heterocycles. The van der Waals surface area contributed by atoms with Crippen LogP contribution in [0, 0.1) is 6.92 Å². The van der Waals surface area contributed by atoms with Gasteiger partial charge in [-0.1, -0.05) is 43.0 Å². The molecule has 1 rings (SSSR count). The van der Waals surface area contributed by atoms with E-state index in [9.17, 15) is 4.21 Å². The molecular formula is C12H18OSSi. The van der Waals surface area contributed by atoms with Crippen molar-refractivity contribution in [3.63, 3.8) is 0 Å². The summed E-state index contributed by atoms with van der Waals surface area (Å²) < 4.78 is 11.8.